The summed E-state index contributed by atoms with van der Waals surface area (Å²) in [5.41, 5.74) is 2.08. The Kier molecular flexibility index (Phi) is 3.12. The van der Waals surface area contributed by atoms with E-state index in [9.17, 15) is 0 Å². The van der Waals surface area contributed by atoms with Crippen molar-refractivity contribution in [3.63, 3.8) is 0 Å². The van der Waals surface area contributed by atoms with Crippen LogP contribution in [0.25, 0.3) is 0 Å². The van der Waals surface area contributed by atoms with E-state index in [4.69, 9.17) is 0 Å². The van der Waals surface area contributed by atoms with Gasteiger partial charge in [-0.2, -0.15) is 0 Å². The molecule has 2 fully saturated rings. The van der Waals surface area contributed by atoms with Gasteiger partial charge in [0, 0.05) is 32.0 Å². The number of nitrogens with zero attached hydrogens (tertiary/aromatic N) is 2. The van der Waals surface area contributed by atoms with Crippen LogP contribution in [0.3, 0.4) is 0 Å². The molecule has 1 saturated heterocycles. The van der Waals surface area contributed by atoms with E-state index in [2.05, 4.69) is 21.3 Å². The fourth-order valence-corrected chi connectivity index (χ4v) is 2.72. The van der Waals surface area contributed by atoms with Crippen molar-refractivity contribution in [2.24, 2.45) is 5.41 Å². The molecular formula is C14H21N3. The van der Waals surface area contributed by atoms with Crippen LogP contribution in [-0.2, 0) is 6.54 Å². The largest absolute Gasteiger partial charge is 0.313 e. The summed E-state index contributed by atoms with van der Waals surface area (Å²) in [5.74, 6) is 0. The number of pyridine rings is 1. The maximum atomic E-state index is 4.11. The zero-order valence-electron chi connectivity index (χ0n) is 10.4. The van der Waals surface area contributed by atoms with Gasteiger partial charge in [-0.05, 0) is 49.4 Å². The molecule has 2 heterocycles. The molecule has 3 rings (SSSR count). The molecule has 0 radical (unpaired) electrons. The van der Waals surface area contributed by atoms with Crippen molar-refractivity contribution >= 4 is 0 Å². The summed E-state index contributed by atoms with van der Waals surface area (Å²) >= 11 is 0. The number of nitrogens with one attached hydrogen (secondary N) is 1. The molecule has 3 nitrogen and oxygen atoms in total. The summed E-state index contributed by atoms with van der Waals surface area (Å²) in [6.45, 7) is 6.06. The number of aromatic nitrogens is 1. The molecule has 17 heavy (non-hydrogen) atoms. The Balaban J connectivity index is 1.24. The van der Waals surface area contributed by atoms with Gasteiger partial charge in [-0.1, -0.05) is 6.07 Å². The molecule has 1 spiro atoms. The maximum absolute atomic E-state index is 4.11. The van der Waals surface area contributed by atoms with Crippen LogP contribution in [-0.4, -0.2) is 36.1 Å². The third-order valence-corrected chi connectivity index (χ3v) is 3.95. The monoisotopic (exact) mass is 231 g/mol. The lowest BCUT2D eigenvalue weighted by Gasteiger charge is -2.40. The SMILES string of the molecule is c1cncc(CNCCCN2CC3(CC3)C2)c1. The number of hydrogen-bond acceptors (Lipinski definition) is 3. The highest BCUT2D eigenvalue weighted by atomic mass is 15.2. The van der Waals surface area contributed by atoms with Crippen LogP contribution in [0, 0.1) is 5.41 Å². The van der Waals surface area contributed by atoms with Crippen molar-refractivity contribution in [3.05, 3.63) is 30.1 Å². The molecule has 2 aliphatic rings. The zero-order valence-corrected chi connectivity index (χ0v) is 10.4. The summed E-state index contributed by atoms with van der Waals surface area (Å²) in [6.07, 6.45) is 7.99. The van der Waals surface area contributed by atoms with Crippen molar-refractivity contribution in [1.82, 2.24) is 15.2 Å². The third-order valence-electron chi connectivity index (χ3n) is 3.95. The van der Waals surface area contributed by atoms with Crippen LogP contribution < -0.4 is 5.32 Å². The molecule has 92 valence electrons. The first-order chi connectivity index (χ1) is 8.36. The Bertz CT molecular complexity index is 351. The first-order valence-corrected chi connectivity index (χ1v) is 6.68. The fourth-order valence-electron chi connectivity index (χ4n) is 2.72. The van der Waals surface area contributed by atoms with E-state index in [1.165, 1.54) is 44.5 Å². The quantitative estimate of drug-likeness (QED) is 0.755. The molecular weight excluding hydrogens is 210 g/mol. The average molecular weight is 231 g/mol. The second-order valence-corrected chi connectivity index (χ2v) is 5.60. The Hall–Kier alpha value is -0.930. The highest BCUT2D eigenvalue weighted by Crippen LogP contribution is 2.52. The van der Waals surface area contributed by atoms with E-state index >= 15 is 0 Å². The van der Waals surface area contributed by atoms with Gasteiger partial charge in [-0.3, -0.25) is 4.98 Å². The molecule has 1 saturated carbocycles. The van der Waals surface area contributed by atoms with Crippen LogP contribution in [0.15, 0.2) is 24.5 Å². The Morgan fingerprint density at radius 3 is 2.94 bits per heavy atom. The maximum Gasteiger partial charge on any atom is 0.0312 e. The summed E-state index contributed by atoms with van der Waals surface area (Å²) < 4.78 is 0. The lowest BCUT2D eigenvalue weighted by Crippen LogP contribution is -2.48. The van der Waals surface area contributed by atoms with Gasteiger partial charge in [-0.25, -0.2) is 0 Å². The van der Waals surface area contributed by atoms with Crippen molar-refractivity contribution in [2.75, 3.05) is 26.2 Å². The highest BCUT2D eigenvalue weighted by molar-refractivity contribution is 5.07. The number of likely N-dealkylation sites (tertiary alicyclic amines) is 1. The number of rotatable bonds is 6. The van der Waals surface area contributed by atoms with Crippen molar-refractivity contribution in [3.8, 4) is 0 Å². The predicted octanol–water partition coefficient (Wildman–Crippen LogP) is 1.66. The molecule has 0 aromatic carbocycles. The van der Waals surface area contributed by atoms with Crippen LogP contribution in [0.2, 0.25) is 0 Å². The molecule has 1 N–H and O–H groups in total. The van der Waals surface area contributed by atoms with Crippen molar-refractivity contribution in [1.29, 1.82) is 0 Å². The lowest BCUT2D eigenvalue weighted by atomic mass is 9.97. The van der Waals surface area contributed by atoms with Gasteiger partial charge in [0.25, 0.3) is 0 Å². The molecule has 1 aromatic heterocycles. The van der Waals surface area contributed by atoms with Gasteiger partial charge in [0.2, 0.25) is 0 Å². The average Bonchev–Trinajstić information content (AvgIpc) is 3.09. The Morgan fingerprint density at radius 2 is 2.24 bits per heavy atom. The van der Waals surface area contributed by atoms with Crippen molar-refractivity contribution < 1.29 is 0 Å². The third kappa shape index (κ3) is 2.85. The van der Waals surface area contributed by atoms with E-state index < -0.39 is 0 Å². The van der Waals surface area contributed by atoms with Gasteiger partial charge in [0.15, 0.2) is 0 Å². The summed E-state index contributed by atoms with van der Waals surface area (Å²) in [6, 6.07) is 4.11. The topological polar surface area (TPSA) is 28.2 Å². The van der Waals surface area contributed by atoms with Gasteiger partial charge in [0.05, 0.1) is 0 Å². The van der Waals surface area contributed by atoms with E-state index in [1.54, 1.807) is 0 Å². The molecule has 0 atom stereocenters. The van der Waals surface area contributed by atoms with Gasteiger partial charge >= 0.3 is 0 Å². The highest BCUT2D eigenvalue weighted by Gasteiger charge is 2.51. The minimum Gasteiger partial charge on any atom is -0.313 e. The van der Waals surface area contributed by atoms with Gasteiger partial charge in [-0.15, -0.1) is 0 Å². The minimum absolute atomic E-state index is 0.809. The molecule has 3 heteroatoms. The minimum atomic E-state index is 0.809. The Labute approximate surface area is 103 Å². The smallest absolute Gasteiger partial charge is 0.0312 e. The molecule has 1 aliphatic heterocycles. The second-order valence-electron chi connectivity index (χ2n) is 5.60. The lowest BCUT2D eigenvalue weighted by molar-refractivity contribution is 0.0807. The summed E-state index contributed by atoms with van der Waals surface area (Å²) in [5, 5.41) is 3.47. The van der Waals surface area contributed by atoms with Gasteiger partial charge in [0.1, 0.15) is 0 Å². The van der Waals surface area contributed by atoms with Crippen LogP contribution in [0.5, 0.6) is 0 Å². The predicted molar refractivity (Wildman–Crippen MR) is 68.7 cm³/mol. The summed E-state index contributed by atoms with van der Waals surface area (Å²) in [7, 11) is 0. The molecule has 0 unspecified atom stereocenters. The Morgan fingerprint density at radius 1 is 1.35 bits per heavy atom. The fraction of sp³-hybridized carbons (Fsp3) is 0.643. The van der Waals surface area contributed by atoms with Crippen LogP contribution in [0.1, 0.15) is 24.8 Å². The normalized spacial score (nSPS) is 21.4. The van der Waals surface area contributed by atoms with Crippen LogP contribution >= 0.6 is 0 Å². The summed E-state index contributed by atoms with van der Waals surface area (Å²) in [4.78, 5) is 6.70. The van der Waals surface area contributed by atoms with Gasteiger partial charge < -0.3 is 10.2 Å². The van der Waals surface area contributed by atoms with Crippen molar-refractivity contribution in [2.45, 2.75) is 25.8 Å². The molecule has 1 aliphatic carbocycles. The number of hydrogen-bond donors (Lipinski definition) is 1. The zero-order chi connectivity index (χ0) is 11.6. The van der Waals surface area contributed by atoms with E-state index in [0.717, 1.165) is 18.5 Å². The van der Waals surface area contributed by atoms with E-state index in [-0.39, 0.29) is 0 Å². The second kappa shape index (κ2) is 4.75. The van der Waals surface area contributed by atoms with E-state index in [1.807, 2.05) is 18.5 Å². The first-order valence-electron chi connectivity index (χ1n) is 6.68. The molecule has 0 amide bonds. The van der Waals surface area contributed by atoms with E-state index in [0.29, 0.717) is 0 Å². The first kappa shape index (κ1) is 11.2. The standard InChI is InChI=1S/C14H21N3/c1-3-13(9-15-6-1)10-16-7-2-8-17-11-14(12-17)4-5-14/h1,3,6,9,16H,2,4-5,7-8,10-12H2. The van der Waals surface area contributed by atoms with Crippen LogP contribution in [0.4, 0.5) is 0 Å². The molecule has 0 bridgehead atoms. The molecule has 1 aromatic rings.